The van der Waals surface area contributed by atoms with Gasteiger partial charge < -0.3 is 5.73 Å². The Kier molecular flexibility index (Phi) is 1.94. The van der Waals surface area contributed by atoms with Crippen molar-refractivity contribution < 1.29 is 0 Å². The van der Waals surface area contributed by atoms with E-state index < -0.39 is 0 Å². The number of hydrogen-bond acceptors (Lipinski definition) is 3. The average Bonchev–Trinajstić information content (AvgIpc) is 2.05. The smallest absolute Gasteiger partial charge is 0.101 e. The lowest BCUT2D eigenvalue weighted by Crippen LogP contribution is -2.14. The summed E-state index contributed by atoms with van der Waals surface area (Å²) in [4.78, 5) is 0. The molecular formula is C8H7N3. The van der Waals surface area contributed by atoms with Crippen LogP contribution in [0.3, 0.4) is 0 Å². The highest BCUT2D eigenvalue weighted by atomic mass is 14.6. The largest absolute Gasteiger partial charge is 0.400 e. The molecule has 0 heterocycles. The molecule has 1 aliphatic carbocycles. The highest BCUT2D eigenvalue weighted by Gasteiger charge is 2.15. The molecule has 2 N–H and O–H groups in total. The summed E-state index contributed by atoms with van der Waals surface area (Å²) in [5.74, 6) is -0.311. The van der Waals surface area contributed by atoms with Gasteiger partial charge in [0, 0.05) is 5.70 Å². The van der Waals surface area contributed by atoms with E-state index in [4.69, 9.17) is 16.3 Å². The molecule has 11 heavy (non-hydrogen) atoms. The van der Waals surface area contributed by atoms with Crippen molar-refractivity contribution in [3.8, 4) is 12.1 Å². The first-order valence-electron chi connectivity index (χ1n) is 3.25. The molecule has 0 saturated carbocycles. The molecule has 0 radical (unpaired) electrons. The van der Waals surface area contributed by atoms with Gasteiger partial charge in [0.25, 0.3) is 0 Å². The first-order chi connectivity index (χ1) is 5.29. The van der Waals surface area contributed by atoms with Gasteiger partial charge in [-0.25, -0.2) is 0 Å². The van der Waals surface area contributed by atoms with Crippen molar-refractivity contribution in [2.45, 2.75) is 6.42 Å². The SMILES string of the molecule is N#CC1=C(N)C(C#N)CC=C1. The van der Waals surface area contributed by atoms with Crippen molar-refractivity contribution in [1.82, 2.24) is 0 Å². The molecule has 0 spiro atoms. The minimum atomic E-state index is -0.311. The highest BCUT2D eigenvalue weighted by molar-refractivity contribution is 5.41. The van der Waals surface area contributed by atoms with Gasteiger partial charge in [0.2, 0.25) is 0 Å². The zero-order valence-corrected chi connectivity index (χ0v) is 5.91. The zero-order valence-electron chi connectivity index (χ0n) is 5.91. The highest BCUT2D eigenvalue weighted by Crippen LogP contribution is 2.19. The number of rotatable bonds is 0. The fourth-order valence-corrected chi connectivity index (χ4v) is 0.957. The molecule has 1 atom stereocenters. The normalized spacial score (nSPS) is 22.5. The monoisotopic (exact) mass is 145 g/mol. The van der Waals surface area contributed by atoms with Crippen LogP contribution in [0.25, 0.3) is 0 Å². The first kappa shape index (κ1) is 7.37. The van der Waals surface area contributed by atoms with E-state index in [2.05, 4.69) is 0 Å². The van der Waals surface area contributed by atoms with Crippen LogP contribution in [0.2, 0.25) is 0 Å². The van der Waals surface area contributed by atoms with Crippen molar-refractivity contribution in [3.63, 3.8) is 0 Å². The standard InChI is InChI=1S/C8H7N3/c9-4-6-2-1-3-7(5-10)8(6)11/h1-2,7H,3,11H2. The van der Waals surface area contributed by atoms with E-state index in [1.165, 1.54) is 0 Å². The Morgan fingerprint density at radius 3 is 2.82 bits per heavy atom. The molecule has 3 heteroatoms. The quantitative estimate of drug-likeness (QED) is 0.548. The Balaban J connectivity index is 3.01. The van der Waals surface area contributed by atoms with Crippen LogP contribution in [0.1, 0.15) is 6.42 Å². The Hall–Kier alpha value is -1.74. The third-order valence-electron chi connectivity index (χ3n) is 1.62. The maximum Gasteiger partial charge on any atom is 0.101 e. The molecule has 0 amide bonds. The molecule has 1 rings (SSSR count). The summed E-state index contributed by atoms with van der Waals surface area (Å²) in [7, 11) is 0. The molecule has 0 bridgehead atoms. The summed E-state index contributed by atoms with van der Waals surface area (Å²) in [5, 5.41) is 17.1. The predicted molar refractivity (Wildman–Crippen MR) is 39.7 cm³/mol. The van der Waals surface area contributed by atoms with Crippen LogP contribution in [0.5, 0.6) is 0 Å². The van der Waals surface area contributed by atoms with Crippen molar-refractivity contribution in [3.05, 3.63) is 23.4 Å². The number of nitriles is 2. The van der Waals surface area contributed by atoms with E-state index in [0.29, 0.717) is 17.7 Å². The molecule has 0 aromatic heterocycles. The van der Waals surface area contributed by atoms with Crippen molar-refractivity contribution in [2.24, 2.45) is 11.7 Å². The summed E-state index contributed by atoms with van der Waals surface area (Å²) in [6.07, 6.45) is 4.07. The van der Waals surface area contributed by atoms with Gasteiger partial charge in [-0.2, -0.15) is 10.5 Å². The van der Waals surface area contributed by atoms with Crippen LogP contribution in [-0.4, -0.2) is 0 Å². The fraction of sp³-hybridized carbons (Fsp3) is 0.250. The molecule has 0 aromatic rings. The Labute approximate surface area is 65.0 Å². The number of nitrogens with two attached hydrogens (primary N) is 1. The Morgan fingerprint density at radius 2 is 2.27 bits per heavy atom. The molecular weight excluding hydrogens is 138 g/mol. The van der Waals surface area contributed by atoms with Crippen LogP contribution in [0, 0.1) is 28.6 Å². The summed E-state index contributed by atoms with van der Waals surface area (Å²) in [6.45, 7) is 0. The van der Waals surface area contributed by atoms with Crippen LogP contribution in [-0.2, 0) is 0 Å². The Morgan fingerprint density at radius 1 is 1.55 bits per heavy atom. The Bertz CT molecular complexity index is 298. The summed E-state index contributed by atoms with van der Waals surface area (Å²) in [5.41, 5.74) is 6.35. The van der Waals surface area contributed by atoms with Crippen LogP contribution in [0.15, 0.2) is 23.4 Å². The van der Waals surface area contributed by atoms with Crippen LogP contribution >= 0.6 is 0 Å². The van der Waals surface area contributed by atoms with E-state index in [0.717, 1.165) is 0 Å². The molecule has 0 fully saturated rings. The maximum atomic E-state index is 8.57. The lowest BCUT2D eigenvalue weighted by molar-refractivity contribution is 0.761. The van der Waals surface area contributed by atoms with Gasteiger partial charge in [-0.15, -0.1) is 0 Å². The molecule has 0 aromatic carbocycles. The number of allylic oxidation sites excluding steroid dienone is 4. The molecule has 1 aliphatic rings. The topological polar surface area (TPSA) is 73.6 Å². The van der Waals surface area contributed by atoms with Gasteiger partial charge in [-0.05, 0) is 12.5 Å². The minimum Gasteiger partial charge on any atom is -0.400 e. The van der Waals surface area contributed by atoms with Crippen molar-refractivity contribution >= 4 is 0 Å². The second kappa shape index (κ2) is 2.90. The van der Waals surface area contributed by atoms with Gasteiger partial charge in [-0.1, -0.05) is 6.08 Å². The van der Waals surface area contributed by atoms with E-state index in [1.807, 2.05) is 12.1 Å². The van der Waals surface area contributed by atoms with Crippen LogP contribution in [0.4, 0.5) is 0 Å². The lowest BCUT2D eigenvalue weighted by Gasteiger charge is -2.11. The summed E-state index contributed by atoms with van der Waals surface area (Å²) in [6, 6.07) is 3.97. The molecule has 1 unspecified atom stereocenters. The zero-order chi connectivity index (χ0) is 8.27. The summed E-state index contributed by atoms with van der Waals surface area (Å²) < 4.78 is 0. The molecule has 54 valence electrons. The number of hydrogen-bond donors (Lipinski definition) is 1. The minimum absolute atomic E-state index is 0.311. The fourth-order valence-electron chi connectivity index (χ4n) is 0.957. The van der Waals surface area contributed by atoms with Gasteiger partial charge in [-0.3, -0.25) is 0 Å². The summed E-state index contributed by atoms with van der Waals surface area (Å²) >= 11 is 0. The predicted octanol–water partition coefficient (Wildman–Crippen LogP) is 0.822. The van der Waals surface area contributed by atoms with Gasteiger partial charge in [0.15, 0.2) is 0 Å². The van der Waals surface area contributed by atoms with Gasteiger partial charge >= 0.3 is 0 Å². The van der Waals surface area contributed by atoms with Crippen molar-refractivity contribution in [2.75, 3.05) is 0 Å². The molecule has 0 aliphatic heterocycles. The average molecular weight is 145 g/mol. The van der Waals surface area contributed by atoms with E-state index in [9.17, 15) is 0 Å². The van der Waals surface area contributed by atoms with Gasteiger partial charge in [0.1, 0.15) is 6.07 Å². The molecule has 0 saturated heterocycles. The third kappa shape index (κ3) is 1.22. The van der Waals surface area contributed by atoms with Gasteiger partial charge in [0.05, 0.1) is 17.6 Å². The van der Waals surface area contributed by atoms with Crippen molar-refractivity contribution in [1.29, 1.82) is 10.5 Å². The van der Waals surface area contributed by atoms with Crippen LogP contribution < -0.4 is 5.73 Å². The molecule has 3 nitrogen and oxygen atoms in total. The lowest BCUT2D eigenvalue weighted by atomic mass is 9.94. The van der Waals surface area contributed by atoms with E-state index in [1.54, 1.807) is 12.2 Å². The first-order valence-corrected chi connectivity index (χ1v) is 3.25. The van der Waals surface area contributed by atoms with E-state index >= 15 is 0 Å². The maximum absolute atomic E-state index is 8.57. The third-order valence-corrected chi connectivity index (χ3v) is 1.62. The number of nitrogens with zero attached hydrogens (tertiary/aromatic N) is 2. The second-order valence-electron chi connectivity index (χ2n) is 2.30. The second-order valence-corrected chi connectivity index (χ2v) is 2.30. The van der Waals surface area contributed by atoms with E-state index in [-0.39, 0.29) is 5.92 Å².